The van der Waals surface area contributed by atoms with Crippen LogP contribution < -0.4 is 10.1 Å². The Morgan fingerprint density at radius 3 is 2.29 bits per heavy atom. The fourth-order valence-corrected chi connectivity index (χ4v) is 2.38. The summed E-state index contributed by atoms with van der Waals surface area (Å²) in [5.41, 5.74) is 1.32. The highest BCUT2D eigenvalue weighted by molar-refractivity contribution is 6.18. The average molecular weight is 304 g/mol. The molecule has 0 radical (unpaired) electrons. The number of nitrogens with one attached hydrogen (secondary N) is 1. The molecule has 21 heavy (non-hydrogen) atoms. The zero-order chi connectivity index (χ0) is 14.8. The minimum absolute atomic E-state index is 0.311. The van der Waals surface area contributed by atoms with Crippen molar-refractivity contribution in [2.24, 2.45) is 0 Å². The maximum Gasteiger partial charge on any atom is 0.119 e. The molecule has 2 rings (SSSR count). The number of rotatable bonds is 9. The second-order valence-electron chi connectivity index (χ2n) is 5.01. The van der Waals surface area contributed by atoms with Crippen molar-refractivity contribution < 1.29 is 4.74 Å². The van der Waals surface area contributed by atoms with Gasteiger partial charge in [0.1, 0.15) is 5.75 Å². The highest BCUT2D eigenvalue weighted by Gasteiger charge is 2.07. The van der Waals surface area contributed by atoms with Crippen LogP contribution in [0.3, 0.4) is 0 Å². The number of hydrogen-bond acceptors (Lipinski definition) is 2. The van der Waals surface area contributed by atoms with Crippen molar-refractivity contribution in [2.75, 3.05) is 19.0 Å². The maximum absolute atomic E-state index is 6.03. The predicted molar refractivity (Wildman–Crippen MR) is 89.2 cm³/mol. The fraction of sp³-hybridized carbons (Fsp3) is 0.333. The van der Waals surface area contributed by atoms with Gasteiger partial charge in [0.05, 0.1) is 6.61 Å². The van der Waals surface area contributed by atoms with E-state index < -0.39 is 0 Å². The predicted octanol–water partition coefficient (Wildman–Crippen LogP) is 3.90. The van der Waals surface area contributed by atoms with E-state index in [0.717, 1.165) is 31.7 Å². The van der Waals surface area contributed by atoms with E-state index in [2.05, 4.69) is 29.6 Å². The summed E-state index contributed by atoms with van der Waals surface area (Å²) in [7, 11) is 0. The van der Waals surface area contributed by atoms with Gasteiger partial charge >= 0.3 is 0 Å². The minimum atomic E-state index is 0.311. The first-order valence-electron chi connectivity index (χ1n) is 7.39. The molecule has 2 aromatic rings. The lowest BCUT2D eigenvalue weighted by atomic mass is 10.1. The first-order valence-corrected chi connectivity index (χ1v) is 7.93. The standard InChI is InChI=1S/C18H22ClNO/c19-15-17(14-16-8-3-1-4-9-16)20-12-7-13-21-18-10-5-2-6-11-18/h1-6,8-11,17,20H,7,12-15H2. The normalized spacial score (nSPS) is 12.0. The Morgan fingerprint density at radius 2 is 1.62 bits per heavy atom. The van der Waals surface area contributed by atoms with Crippen LogP contribution >= 0.6 is 11.6 Å². The molecule has 2 aromatic carbocycles. The second kappa shape index (κ2) is 9.43. The van der Waals surface area contributed by atoms with E-state index in [-0.39, 0.29) is 0 Å². The monoisotopic (exact) mass is 303 g/mol. The van der Waals surface area contributed by atoms with Crippen molar-refractivity contribution in [3.8, 4) is 5.75 Å². The summed E-state index contributed by atoms with van der Waals surface area (Å²) in [6.45, 7) is 1.63. The van der Waals surface area contributed by atoms with Crippen LogP contribution in [0.5, 0.6) is 5.75 Å². The van der Waals surface area contributed by atoms with Gasteiger partial charge in [-0.2, -0.15) is 0 Å². The molecule has 0 saturated carbocycles. The number of alkyl halides is 1. The van der Waals surface area contributed by atoms with Crippen LogP contribution in [0.4, 0.5) is 0 Å². The lowest BCUT2D eigenvalue weighted by Gasteiger charge is -2.16. The number of hydrogen-bond donors (Lipinski definition) is 1. The van der Waals surface area contributed by atoms with E-state index in [0.29, 0.717) is 11.9 Å². The van der Waals surface area contributed by atoms with Gasteiger partial charge in [0.25, 0.3) is 0 Å². The molecule has 1 unspecified atom stereocenters. The quantitative estimate of drug-likeness (QED) is 0.560. The molecule has 1 atom stereocenters. The molecule has 0 saturated heterocycles. The van der Waals surface area contributed by atoms with Crippen LogP contribution in [0, 0.1) is 0 Å². The third-order valence-electron chi connectivity index (χ3n) is 3.28. The molecule has 2 nitrogen and oxygen atoms in total. The van der Waals surface area contributed by atoms with Crippen LogP contribution in [0.25, 0.3) is 0 Å². The zero-order valence-corrected chi connectivity index (χ0v) is 12.9. The summed E-state index contributed by atoms with van der Waals surface area (Å²) in [5.74, 6) is 1.55. The molecule has 0 aliphatic rings. The van der Waals surface area contributed by atoms with E-state index in [1.807, 2.05) is 36.4 Å². The summed E-state index contributed by atoms with van der Waals surface area (Å²) in [6, 6.07) is 20.7. The van der Waals surface area contributed by atoms with Gasteiger partial charge in [-0.25, -0.2) is 0 Å². The van der Waals surface area contributed by atoms with Crippen molar-refractivity contribution in [2.45, 2.75) is 18.9 Å². The Balaban J connectivity index is 1.62. The Morgan fingerprint density at radius 1 is 0.952 bits per heavy atom. The first kappa shape index (κ1) is 15.9. The largest absolute Gasteiger partial charge is 0.494 e. The Bertz CT molecular complexity index is 489. The zero-order valence-electron chi connectivity index (χ0n) is 12.2. The second-order valence-corrected chi connectivity index (χ2v) is 5.32. The van der Waals surface area contributed by atoms with E-state index in [4.69, 9.17) is 16.3 Å². The first-order chi connectivity index (χ1) is 10.4. The Hall–Kier alpha value is -1.51. The summed E-state index contributed by atoms with van der Waals surface area (Å²) >= 11 is 6.03. The van der Waals surface area contributed by atoms with Crippen LogP contribution in [0.15, 0.2) is 60.7 Å². The summed E-state index contributed by atoms with van der Waals surface area (Å²) < 4.78 is 5.67. The Kier molecular flexibility index (Phi) is 7.13. The third kappa shape index (κ3) is 6.19. The van der Waals surface area contributed by atoms with E-state index >= 15 is 0 Å². The minimum Gasteiger partial charge on any atom is -0.494 e. The molecule has 0 aliphatic heterocycles. The average Bonchev–Trinajstić information content (AvgIpc) is 2.55. The maximum atomic E-state index is 6.03. The lowest BCUT2D eigenvalue weighted by Crippen LogP contribution is -2.34. The van der Waals surface area contributed by atoms with E-state index in [9.17, 15) is 0 Å². The van der Waals surface area contributed by atoms with Gasteiger partial charge in [-0.15, -0.1) is 11.6 Å². The van der Waals surface area contributed by atoms with Crippen LogP contribution in [0.1, 0.15) is 12.0 Å². The summed E-state index contributed by atoms with van der Waals surface area (Å²) in [6.07, 6.45) is 1.93. The molecule has 1 N–H and O–H groups in total. The number of benzene rings is 2. The highest BCUT2D eigenvalue weighted by atomic mass is 35.5. The van der Waals surface area contributed by atoms with Gasteiger partial charge in [-0.05, 0) is 37.1 Å². The number of para-hydroxylation sites is 1. The molecule has 0 aliphatic carbocycles. The highest BCUT2D eigenvalue weighted by Crippen LogP contribution is 2.08. The third-order valence-corrected chi connectivity index (χ3v) is 3.65. The van der Waals surface area contributed by atoms with Crippen LogP contribution in [0.2, 0.25) is 0 Å². The number of ether oxygens (including phenoxy) is 1. The van der Waals surface area contributed by atoms with Crippen LogP contribution in [-0.4, -0.2) is 25.1 Å². The van der Waals surface area contributed by atoms with Gasteiger partial charge < -0.3 is 10.1 Å². The Labute approximate surface area is 132 Å². The molecule has 112 valence electrons. The molecule has 0 spiro atoms. The van der Waals surface area contributed by atoms with Crippen molar-refractivity contribution in [3.05, 3.63) is 66.2 Å². The van der Waals surface area contributed by atoms with Crippen molar-refractivity contribution in [1.29, 1.82) is 0 Å². The van der Waals surface area contributed by atoms with Crippen LogP contribution in [-0.2, 0) is 6.42 Å². The van der Waals surface area contributed by atoms with Gasteiger partial charge in [-0.1, -0.05) is 48.5 Å². The van der Waals surface area contributed by atoms with Crippen molar-refractivity contribution in [3.63, 3.8) is 0 Å². The molecule has 0 amide bonds. The van der Waals surface area contributed by atoms with E-state index in [1.54, 1.807) is 0 Å². The molecule has 3 heteroatoms. The molecular formula is C18H22ClNO. The van der Waals surface area contributed by atoms with Crippen molar-refractivity contribution in [1.82, 2.24) is 5.32 Å². The number of halogens is 1. The van der Waals surface area contributed by atoms with Gasteiger partial charge in [-0.3, -0.25) is 0 Å². The molecular weight excluding hydrogens is 282 g/mol. The van der Waals surface area contributed by atoms with E-state index in [1.165, 1.54) is 5.56 Å². The summed E-state index contributed by atoms with van der Waals surface area (Å²) in [4.78, 5) is 0. The van der Waals surface area contributed by atoms with Gasteiger partial charge in [0.2, 0.25) is 0 Å². The van der Waals surface area contributed by atoms with Crippen molar-refractivity contribution >= 4 is 11.6 Å². The van der Waals surface area contributed by atoms with Gasteiger partial charge in [0, 0.05) is 11.9 Å². The smallest absolute Gasteiger partial charge is 0.119 e. The molecule has 0 heterocycles. The molecule has 0 fully saturated rings. The molecule has 0 aromatic heterocycles. The van der Waals surface area contributed by atoms with Gasteiger partial charge in [0.15, 0.2) is 0 Å². The topological polar surface area (TPSA) is 21.3 Å². The lowest BCUT2D eigenvalue weighted by molar-refractivity contribution is 0.305. The molecule has 0 bridgehead atoms. The SMILES string of the molecule is ClCC(Cc1ccccc1)NCCCOc1ccccc1. The fourth-order valence-electron chi connectivity index (χ4n) is 2.16. The summed E-state index contributed by atoms with van der Waals surface area (Å²) in [5, 5.41) is 3.49.